The first-order valence-electron chi connectivity index (χ1n) is 8.57. The summed E-state index contributed by atoms with van der Waals surface area (Å²) < 4.78 is 0. The minimum atomic E-state index is -1.42. The van der Waals surface area contributed by atoms with Crippen molar-refractivity contribution in [1.82, 2.24) is 16.0 Å². The first-order chi connectivity index (χ1) is 13.1. The maximum Gasteiger partial charge on any atom is 0.326 e. The van der Waals surface area contributed by atoms with E-state index in [0.717, 1.165) is 0 Å². The monoisotopic (exact) mass is 404 g/mol. The second-order valence-electron chi connectivity index (χ2n) is 5.98. The minimum absolute atomic E-state index is 0.180. The van der Waals surface area contributed by atoms with Gasteiger partial charge in [0.05, 0.1) is 25.6 Å². The number of aliphatic carboxylic acids is 1. The number of aliphatic hydroxyl groups is 1. The van der Waals surface area contributed by atoms with Gasteiger partial charge in [0.15, 0.2) is 0 Å². The summed E-state index contributed by atoms with van der Waals surface area (Å²) in [5.41, 5.74) is 15.7. The molecule has 0 heterocycles. The summed E-state index contributed by atoms with van der Waals surface area (Å²) in [6.07, 6.45) is 0.838. The molecule has 0 bridgehead atoms. The lowest BCUT2D eigenvalue weighted by Crippen LogP contribution is -2.55. The first kappa shape index (κ1) is 25.2. The predicted molar refractivity (Wildman–Crippen MR) is 96.3 cm³/mol. The highest BCUT2D eigenvalue weighted by Gasteiger charge is 2.25. The van der Waals surface area contributed by atoms with Gasteiger partial charge in [-0.05, 0) is 25.8 Å². The number of rotatable bonds is 14. The average Bonchev–Trinajstić information content (AvgIpc) is 2.62. The van der Waals surface area contributed by atoms with Crippen LogP contribution >= 0.6 is 0 Å². The topological polar surface area (TPSA) is 240 Å². The van der Waals surface area contributed by atoms with Crippen LogP contribution in [0.4, 0.5) is 0 Å². The third-order valence-electron chi connectivity index (χ3n) is 3.58. The maximum absolute atomic E-state index is 12.0. The van der Waals surface area contributed by atoms with Crippen LogP contribution in [0.5, 0.6) is 0 Å². The molecule has 0 aromatic carbocycles. The summed E-state index contributed by atoms with van der Waals surface area (Å²) in [7, 11) is 0. The van der Waals surface area contributed by atoms with Gasteiger partial charge < -0.3 is 43.4 Å². The summed E-state index contributed by atoms with van der Waals surface area (Å²) in [6, 6.07) is -3.84. The molecule has 3 atom stereocenters. The van der Waals surface area contributed by atoms with Gasteiger partial charge in [-0.15, -0.1) is 0 Å². The molecule has 28 heavy (non-hydrogen) atoms. The van der Waals surface area contributed by atoms with Crippen LogP contribution in [0.1, 0.15) is 25.7 Å². The SMILES string of the molecule is NCCCCC(NC(=O)CNC(=O)C(CO)NC(=O)C(N)CC(N)=O)C(=O)O. The van der Waals surface area contributed by atoms with E-state index < -0.39 is 67.3 Å². The molecule has 13 nitrogen and oxygen atoms in total. The van der Waals surface area contributed by atoms with Crippen LogP contribution in [-0.2, 0) is 24.0 Å². The van der Waals surface area contributed by atoms with E-state index in [2.05, 4.69) is 16.0 Å². The molecule has 0 rings (SSSR count). The van der Waals surface area contributed by atoms with E-state index in [1.807, 2.05) is 0 Å². The Hall–Kier alpha value is -2.77. The molecule has 160 valence electrons. The fraction of sp³-hybridized carbons (Fsp3) is 0.667. The third kappa shape index (κ3) is 10.4. The Bertz CT molecular complexity index is 571. The highest BCUT2D eigenvalue weighted by atomic mass is 16.4. The number of carboxylic acids is 1. The number of primary amides is 1. The van der Waals surface area contributed by atoms with E-state index in [1.54, 1.807) is 0 Å². The van der Waals surface area contributed by atoms with Crippen LogP contribution in [0, 0.1) is 0 Å². The summed E-state index contributed by atoms with van der Waals surface area (Å²) >= 11 is 0. The van der Waals surface area contributed by atoms with E-state index in [9.17, 15) is 29.1 Å². The van der Waals surface area contributed by atoms with E-state index in [-0.39, 0.29) is 6.42 Å². The first-order valence-corrected chi connectivity index (χ1v) is 8.57. The van der Waals surface area contributed by atoms with E-state index in [4.69, 9.17) is 22.3 Å². The van der Waals surface area contributed by atoms with Crippen LogP contribution in [0.3, 0.4) is 0 Å². The zero-order valence-corrected chi connectivity index (χ0v) is 15.3. The molecule has 0 aliphatic rings. The zero-order valence-electron chi connectivity index (χ0n) is 15.3. The van der Waals surface area contributed by atoms with Crippen molar-refractivity contribution in [2.24, 2.45) is 17.2 Å². The van der Waals surface area contributed by atoms with Crippen LogP contribution in [-0.4, -0.2) is 77.6 Å². The number of nitrogens with two attached hydrogens (primary N) is 3. The van der Waals surface area contributed by atoms with Crippen molar-refractivity contribution in [2.75, 3.05) is 19.7 Å². The Morgan fingerprint density at radius 2 is 1.61 bits per heavy atom. The highest BCUT2D eigenvalue weighted by molar-refractivity contribution is 5.93. The number of unbranched alkanes of at least 4 members (excludes halogenated alkanes) is 1. The molecule has 0 aliphatic carbocycles. The largest absolute Gasteiger partial charge is 0.480 e. The smallest absolute Gasteiger partial charge is 0.326 e. The Morgan fingerprint density at radius 3 is 2.11 bits per heavy atom. The second-order valence-corrected chi connectivity index (χ2v) is 5.98. The van der Waals surface area contributed by atoms with Crippen molar-refractivity contribution in [2.45, 2.75) is 43.8 Å². The lowest BCUT2D eigenvalue weighted by molar-refractivity contribution is -0.142. The van der Waals surface area contributed by atoms with E-state index in [0.29, 0.717) is 19.4 Å². The van der Waals surface area contributed by atoms with Crippen molar-refractivity contribution in [1.29, 1.82) is 0 Å². The quantitative estimate of drug-likeness (QED) is 0.130. The van der Waals surface area contributed by atoms with Crippen LogP contribution in [0.2, 0.25) is 0 Å². The van der Waals surface area contributed by atoms with Crippen LogP contribution in [0.25, 0.3) is 0 Å². The van der Waals surface area contributed by atoms with Gasteiger partial charge >= 0.3 is 5.97 Å². The second kappa shape index (κ2) is 13.4. The molecule has 13 heteroatoms. The Labute approximate surface area is 161 Å². The van der Waals surface area contributed by atoms with Crippen LogP contribution < -0.4 is 33.2 Å². The number of hydrogen-bond donors (Lipinski definition) is 8. The average molecular weight is 404 g/mol. The van der Waals surface area contributed by atoms with Gasteiger partial charge in [-0.25, -0.2) is 4.79 Å². The lowest BCUT2D eigenvalue weighted by atomic mass is 10.1. The number of aliphatic hydroxyl groups excluding tert-OH is 1. The number of carbonyl (C=O) groups excluding carboxylic acids is 4. The van der Waals surface area contributed by atoms with Crippen LogP contribution in [0.15, 0.2) is 0 Å². The standard InChI is InChI=1S/C15H28N6O7/c16-4-2-1-3-9(15(27)28)20-12(24)6-19-14(26)10(7-22)21-13(25)8(17)5-11(18)23/h8-10,22H,1-7,16-17H2,(H2,18,23)(H,19,26)(H,20,24)(H,21,25)(H,27,28). The fourth-order valence-electron chi connectivity index (χ4n) is 2.07. The number of nitrogens with one attached hydrogen (secondary N) is 3. The molecule has 0 spiro atoms. The molecular weight excluding hydrogens is 376 g/mol. The van der Waals surface area contributed by atoms with Crippen molar-refractivity contribution in [3.05, 3.63) is 0 Å². The molecule has 4 amide bonds. The lowest BCUT2D eigenvalue weighted by Gasteiger charge is -2.19. The molecule has 3 unspecified atom stereocenters. The van der Waals surface area contributed by atoms with Gasteiger partial charge in [-0.2, -0.15) is 0 Å². The summed E-state index contributed by atoms with van der Waals surface area (Å²) in [6.45, 7) is -0.966. The predicted octanol–water partition coefficient (Wildman–Crippen LogP) is -4.52. The number of hydrogen-bond acceptors (Lipinski definition) is 8. The summed E-state index contributed by atoms with van der Waals surface area (Å²) in [4.78, 5) is 57.4. The van der Waals surface area contributed by atoms with Gasteiger partial charge in [-0.1, -0.05) is 0 Å². The van der Waals surface area contributed by atoms with Crippen molar-refractivity contribution in [3.63, 3.8) is 0 Å². The fourth-order valence-corrected chi connectivity index (χ4v) is 2.07. The molecule has 0 radical (unpaired) electrons. The van der Waals surface area contributed by atoms with Crippen molar-refractivity contribution < 1.29 is 34.2 Å². The number of carbonyl (C=O) groups is 5. The zero-order chi connectivity index (χ0) is 21.7. The molecule has 0 saturated carbocycles. The van der Waals surface area contributed by atoms with Gasteiger partial charge in [-0.3, -0.25) is 19.2 Å². The Balaban J connectivity index is 4.53. The summed E-state index contributed by atoms with van der Waals surface area (Å²) in [5, 5.41) is 24.8. The van der Waals surface area contributed by atoms with E-state index in [1.165, 1.54) is 0 Å². The molecule has 0 saturated heterocycles. The maximum atomic E-state index is 12.0. The highest BCUT2D eigenvalue weighted by Crippen LogP contribution is 2.00. The van der Waals surface area contributed by atoms with Gasteiger partial charge in [0.2, 0.25) is 23.6 Å². The molecule has 0 aliphatic heterocycles. The number of amides is 4. The molecule has 11 N–H and O–H groups in total. The molecular formula is C15H28N6O7. The van der Waals surface area contributed by atoms with Gasteiger partial charge in [0, 0.05) is 0 Å². The van der Waals surface area contributed by atoms with Gasteiger partial charge in [0.25, 0.3) is 0 Å². The molecule has 0 aromatic rings. The number of carboxylic acid groups (broad SMARTS) is 1. The molecule has 0 fully saturated rings. The summed E-state index contributed by atoms with van der Waals surface area (Å²) in [5.74, 6) is -4.58. The Morgan fingerprint density at radius 1 is 0.964 bits per heavy atom. The van der Waals surface area contributed by atoms with E-state index >= 15 is 0 Å². The molecule has 0 aromatic heterocycles. The minimum Gasteiger partial charge on any atom is -0.480 e. The van der Waals surface area contributed by atoms with Crippen molar-refractivity contribution >= 4 is 29.6 Å². The normalized spacial score (nSPS) is 13.7. The van der Waals surface area contributed by atoms with Crippen molar-refractivity contribution in [3.8, 4) is 0 Å². The Kier molecular flexibility index (Phi) is 12.1. The third-order valence-corrected chi connectivity index (χ3v) is 3.58. The van der Waals surface area contributed by atoms with Gasteiger partial charge in [0.1, 0.15) is 12.1 Å².